The first-order valence-corrected chi connectivity index (χ1v) is 49.4. The first-order valence-electron chi connectivity index (χ1n) is 37.5. The standard InChI is InChI=1S/C86H116O10P2Si4/c1-27-29-43-91-83-55-74(34-36-76-50-72(42-48-102(66(21)22,67(23)24)68(25)26)54-80-78-52-70(32-38-82(78)94-98(89,90)96-86(76)80)40-46-100(60(9)10,61(11)12)62(13)14)84(92-44-30-28-2)56-73(83)33-35-75-49-71(41-47-101(63(15)16,64(17)18)65(19)20)53-79-77-51-69(31-37-81(77)93-97(87,88)95-85(75)79)39-45-99(57(3)4,58(5)6)59(7)8/h31-32,37-38,49-68H,27-30,43-44H2,1-26H3,(H,87,88)(H,89,90). The Morgan fingerprint density at radius 1 is 0.333 bits per heavy atom. The Kier molecular flexibility index (Phi) is 27.7. The van der Waals surface area contributed by atoms with Gasteiger partial charge in [-0.25, -0.2) is 9.13 Å². The van der Waals surface area contributed by atoms with E-state index in [1.165, 1.54) is 0 Å². The van der Waals surface area contributed by atoms with Crippen molar-refractivity contribution in [3.05, 3.63) is 117 Å². The number of benzene rings is 5. The van der Waals surface area contributed by atoms with E-state index in [1.807, 2.05) is 60.7 Å². The van der Waals surface area contributed by atoms with Gasteiger partial charge < -0.3 is 27.6 Å². The van der Waals surface area contributed by atoms with Crippen LogP contribution in [-0.2, 0) is 9.13 Å². The SMILES string of the molecule is CCCCOc1cc(C#Cc2cc(C#C[Si](C(C)C)(C(C)C)C(C)C)cc3c2OP(=O)(O)Oc2ccc(C#C[Si](C(C)C)(C(C)C)C(C)C)cc2-3)c(OCCCC)cc1C#Cc1cc(C#C[Si](C(C)C)(C(C)C)C(C)C)cc2c1OP(=O)(O)Oc1ccc(C#C[Si](C(C)C)(C(C)C)C(C)C)cc1-2. The van der Waals surface area contributed by atoms with Crippen LogP contribution in [0.1, 0.15) is 250 Å². The molecule has 0 spiro atoms. The smallest absolute Gasteiger partial charge is 0.492 e. The van der Waals surface area contributed by atoms with Crippen LogP contribution in [-0.4, -0.2) is 55.3 Å². The van der Waals surface area contributed by atoms with Gasteiger partial charge in [-0.2, -0.15) is 0 Å². The molecule has 0 radical (unpaired) electrons. The molecule has 5 aromatic carbocycles. The molecule has 2 atom stereocenters. The average Bonchev–Trinajstić information content (AvgIpc) is 1.09. The molecule has 2 heterocycles. The van der Waals surface area contributed by atoms with Crippen molar-refractivity contribution in [1.29, 1.82) is 0 Å². The average molecular weight is 1480 g/mol. The Bertz CT molecular complexity index is 4020. The molecule has 2 aliphatic rings. The van der Waals surface area contributed by atoms with Crippen LogP contribution in [0.2, 0.25) is 66.5 Å². The zero-order valence-electron chi connectivity index (χ0n) is 66.2. The highest BCUT2D eigenvalue weighted by Gasteiger charge is 2.46. The number of fused-ring (bicyclic) bond motifs is 6. The van der Waals surface area contributed by atoms with E-state index in [1.54, 1.807) is 12.1 Å². The van der Waals surface area contributed by atoms with Crippen LogP contribution < -0.4 is 27.6 Å². The summed E-state index contributed by atoms with van der Waals surface area (Å²) in [5.74, 6) is 29.6. The van der Waals surface area contributed by atoms with Crippen molar-refractivity contribution >= 4 is 47.9 Å². The first-order chi connectivity index (χ1) is 47.8. The quantitative estimate of drug-likeness (QED) is 0.0336. The number of rotatable bonds is 20. The lowest BCUT2D eigenvalue weighted by molar-refractivity contribution is 0.292. The Hall–Kier alpha value is -6.49. The third kappa shape index (κ3) is 17.9. The van der Waals surface area contributed by atoms with E-state index >= 15 is 0 Å². The molecule has 7 rings (SSSR count). The molecule has 0 fully saturated rings. The maximum Gasteiger partial charge on any atom is 0.584 e. The number of ether oxygens (including phenoxy) is 2. The van der Waals surface area contributed by atoms with Gasteiger partial charge in [0, 0.05) is 56.6 Å². The summed E-state index contributed by atoms with van der Waals surface area (Å²) >= 11 is 0. The van der Waals surface area contributed by atoms with Gasteiger partial charge in [0.25, 0.3) is 0 Å². The van der Waals surface area contributed by atoms with Gasteiger partial charge in [0.2, 0.25) is 0 Å². The van der Waals surface area contributed by atoms with Crippen LogP contribution in [0.3, 0.4) is 0 Å². The van der Waals surface area contributed by atoms with Crippen LogP contribution in [0.15, 0.2) is 72.8 Å². The molecule has 10 nitrogen and oxygen atoms in total. The summed E-state index contributed by atoms with van der Waals surface area (Å²) in [6.45, 7) is 59.8. The summed E-state index contributed by atoms with van der Waals surface area (Å²) in [5, 5.41) is 0. The summed E-state index contributed by atoms with van der Waals surface area (Å²) in [7, 11) is -18.6. The molecule has 2 N–H and O–H groups in total. The van der Waals surface area contributed by atoms with Crippen LogP contribution in [0.25, 0.3) is 22.3 Å². The summed E-state index contributed by atoms with van der Waals surface area (Å²) < 4.78 is 66.3. The zero-order valence-corrected chi connectivity index (χ0v) is 71.9. The van der Waals surface area contributed by atoms with Crippen molar-refractivity contribution in [2.24, 2.45) is 0 Å². The van der Waals surface area contributed by atoms with Crippen molar-refractivity contribution in [3.63, 3.8) is 0 Å². The van der Waals surface area contributed by atoms with E-state index in [0.29, 0.717) is 147 Å². The van der Waals surface area contributed by atoms with Gasteiger partial charge in [0.05, 0.1) is 35.5 Å². The second kappa shape index (κ2) is 34.2. The van der Waals surface area contributed by atoms with E-state index < -0.39 is 47.9 Å². The number of unbranched alkanes of at least 4 members (excludes halogenated alkanes) is 2. The molecule has 0 saturated carbocycles. The predicted octanol–water partition coefficient (Wildman–Crippen LogP) is 24.2. The normalized spacial score (nSPS) is 15.8. The molecule has 0 aromatic heterocycles. The minimum absolute atomic E-state index is 0.0732. The van der Waals surface area contributed by atoms with Crippen molar-refractivity contribution in [3.8, 4) is 126 Å². The molecular formula is C86H116O10P2Si4. The van der Waals surface area contributed by atoms with E-state index in [2.05, 4.69) is 250 Å². The van der Waals surface area contributed by atoms with E-state index in [9.17, 15) is 18.9 Å². The third-order valence-corrected chi connectivity index (χ3v) is 48.8. The van der Waals surface area contributed by atoms with Gasteiger partial charge in [0.15, 0.2) is 11.5 Å². The Morgan fingerprint density at radius 3 is 0.853 bits per heavy atom. The lowest BCUT2D eigenvalue weighted by Crippen LogP contribution is -2.43. The van der Waals surface area contributed by atoms with Crippen molar-refractivity contribution in [2.45, 2.75) is 272 Å². The largest absolute Gasteiger partial charge is 0.584 e. The summed E-state index contributed by atoms with van der Waals surface area (Å²) in [5.41, 5.74) is 26.6. The molecule has 546 valence electrons. The molecular weight excluding hydrogens is 1370 g/mol. The number of hydrogen-bond acceptors (Lipinski definition) is 8. The number of phosphoric acid groups is 2. The van der Waals surface area contributed by atoms with Gasteiger partial charge in [-0.05, 0) is 140 Å². The monoisotopic (exact) mass is 1480 g/mol. The zero-order chi connectivity index (χ0) is 75.8. The van der Waals surface area contributed by atoms with E-state index in [-0.39, 0.29) is 23.0 Å². The lowest BCUT2D eigenvalue weighted by Gasteiger charge is -2.38. The molecule has 5 aromatic rings. The van der Waals surface area contributed by atoms with Crippen LogP contribution >= 0.6 is 15.6 Å². The molecule has 0 saturated heterocycles. The molecule has 102 heavy (non-hydrogen) atoms. The van der Waals surface area contributed by atoms with Gasteiger partial charge in [-0.1, -0.05) is 240 Å². The van der Waals surface area contributed by atoms with Gasteiger partial charge in [-0.3, -0.25) is 9.79 Å². The number of hydrogen-bond donors (Lipinski definition) is 2. The summed E-state index contributed by atoms with van der Waals surface area (Å²) in [4.78, 5) is 23.3. The van der Waals surface area contributed by atoms with Crippen molar-refractivity contribution in [1.82, 2.24) is 0 Å². The van der Waals surface area contributed by atoms with Gasteiger partial charge in [0.1, 0.15) is 55.3 Å². The Morgan fingerprint density at radius 2 is 0.588 bits per heavy atom. The van der Waals surface area contributed by atoms with Gasteiger partial charge in [-0.15, -0.1) is 22.2 Å². The Labute approximate surface area is 619 Å². The van der Waals surface area contributed by atoms with E-state index in [4.69, 9.17) is 27.6 Å². The lowest BCUT2D eigenvalue weighted by atomic mass is 9.96. The molecule has 0 bridgehead atoms. The van der Waals surface area contributed by atoms with Crippen LogP contribution in [0.4, 0.5) is 0 Å². The highest BCUT2D eigenvalue weighted by molar-refractivity contribution is 7.48. The highest BCUT2D eigenvalue weighted by atomic mass is 31.2. The fourth-order valence-corrected chi connectivity index (χ4v) is 39.5. The minimum atomic E-state index is -4.82. The van der Waals surface area contributed by atoms with Crippen molar-refractivity contribution < 1.29 is 46.5 Å². The third-order valence-electron chi connectivity index (χ3n) is 22.0. The fourth-order valence-electron chi connectivity index (χ4n) is 16.9. The molecule has 0 amide bonds. The summed E-state index contributed by atoms with van der Waals surface area (Å²) in [6, 6.07) is 22.2. The van der Waals surface area contributed by atoms with Crippen molar-refractivity contribution in [2.75, 3.05) is 13.2 Å². The molecule has 2 unspecified atom stereocenters. The number of phosphoric ester groups is 2. The second-order valence-electron chi connectivity index (χ2n) is 31.9. The molecule has 2 aliphatic heterocycles. The predicted molar refractivity (Wildman–Crippen MR) is 437 cm³/mol. The fraction of sp³-hybridized carbons (Fsp3) is 0.512. The molecule has 0 aliphatic carbocycles. The second-order valence-corrected chi connectivity index (χ2v) is 56.8. The van der Waals surface area contributed by atoms with Crippen LogP contribution in [0.5, 0.6) is 34.5 Å². The van der Waals surface area contributed by atoms with E-state index in [0.717, 1.165) is 36.8 Å². The van der Waals surface area contributed by atoms with Gasteiger partial charge >= 0.3 is 15.6 Å². The summed E-state index contributed by atoms with van der Waals surface area (Å²) in [6.07, 6.45) is 3.20. The topological polar surface area (TPSA) is 130 Å². The molecule has 16 heteroatoms. The maximum absolute atomic E-state index is 14.3. The highest BCUT2D eigenvalue weighted by Crippen LogP contribution is 2.57. The van der Waals surface area contributed by atoms with Crippen LogP contribution in [0, 0.1) is 69.5 Å². The maximum atomic E-state index is 14.3. The minimum Gasteiger partial charge on any atom is -0.492 e. The first kappa shape index (κ1) is 82.8. The Balaban J connectivity index is 1.55.